The SMILES string of the molecule is CCCC(N)S(=O)(=O)CCCl. The maximum Gasteiger partial charge on any atom is 0.167 e. The molecular weight excluding hydrogens is 186 g/mol. The maximum absolute atomic E-state index is 11.1. The Labute approximate surface area is 72.8 Å². The summed E-state index contributed by atoms with van der Waals surface area (Å²) in [6, 6.07) is 0. The maximum atomic E-state index is 11.1. The van der Waals surface area contributed by atoms with Gasteiger partial charge in [-0.2, -0.15) is 0 Å². The van der Waals surface area contributed by atoms with Gasteiger partial charge in [0.15, 0.2) is 9.84 Å². The topological polar surface area (TPSA) is 60.2 Å². The summed E-state index contributed by atoms with van der Waals surface area (Å²) in [6.45, 7) is 1.90. The number of hydrogen-bond acceptors (Lipinski definition) is 3. The Kier molecular flexibility index (Phi) is 5.04. The van der Waals surface area contributed by atoms with E-state index in [-0.39, 0.29) is 11.6 Å². The second-order valence-electron chi connectivity index (χ2n) is 2.38. The summed E-state index contributed by atoms with van der Waals surface area (Å²) < 4.78 is 22.2. The predicted octanol–water partition coefficient (Wildman–Crippen LogP) is 0.725. The molecule has 0 aromatic rings. The van der Waals surface area contributed by atoms with Crippen LogP contribution in [-0.2, 0) is 9.84 Å². The van der Waals surface area contributed by atoms with E-state index in [1.807, 2.05) is 6.92 Å². The van der Waals surface area contributed by atoms with Crippen LogP contribution in [0.25, 0.3) is 0 Å². The van der Waals surface area contributed by atoms with E-state index in [2.05, 4.69) is 0 Å². The first-order valence-electron chi connectivity index (χ1n) is 3.57. The molecule has 0 aromatic carbocycles. The lowest BCUT2D eigenvalue weighted by atomic mass is 10.3. The molecule has 3 nitrogen and oxygen atoms in total. The number of alkyl halides is 1. The first kappa shape index (κ1) is 11.2. The Hall–Kier alpha value is 0.200. The first-order chi connectivity index (χ1) is 5.04. The largest absolute Gasteiger partial charge is 0.315 e. The van der Waals surface area contributed by atoms with Gasteiger partial charge in [-0.1, -0.05) is 13.3 Å². The summed E-state index contributed by atoms with van der Waals surface area (Å²) in [6.07, 6.45) is 1.29. The monoisotopic (exact) mass is 199 g/mol. The van der Waals surface area contributed by atoms with Gasteiger partial charge in [0, 0.05) is 5.88 Å². The van der Waals surface area contributed by atoms with Gasteiger partial charge in [0.1, 0.15) is 5.37 Å². The number of nitrogens with two attached hydrogens (primary N) is 1. The summed E-state index contributed by atoms with van der Waals surface area (Å²) in [4.78, 5) is 0. The van der Waals surface area contributed by atoms with Crippen molar-refractivity contribution in [1.82, 2.24) is 0 Å². The fourth-order valence-corrected chi connectivity index (χ4v) is 2.48. The van der Waals surface area contributed by atoms with Crippen LogP contribution in [0.5, 0.6) is 0 Å². The van der Waals surface area contributed by atoms with Crippen LogP contribution in [0, 0.1) is 0 Å². The number of rotatable bonds is 5. The molecule has 1 atom stereocenters. The standard InChI is InChI=1S/C6H14ClNO2S/c1-2-3-6(8)11(9,10)5-4-7/h6H,2-5,8H2,1H3. The molecule has 0 heterocycles. The Morgan fingerprint density at radius 1 is 1.55 bits per heavy atom. The molecule has 0 radical (unpaired) electrons. The van der Waals surface area contributed by atoms with Crippen molar-refractivity contribution in [3.63, 3.8) is 0 Å². The van der Waals surface area contributed by atoms with Crippen LogP contribution in [0.4, 0.5) is 0 Å². The molecule has 0 fully saturated rings. The Bertz CT molecular complexity index is 191. The lowest BCUT2D eigenvalue weighted by Gasteiger charge is -2.09. The lowest BCUT2D eigenvalue weighted by Crippen LogP contribution is -2.32. The molecule has 0 aliphatic heterocycles. The van der Waals surface area contributed by atoms with Crippen molar-refractivity contribution in [2.24, 2.45) is 5.73 Å². The molecule has 0 bridgehead atoms. The van der Waals surface area contributed by atoms with Crippen LogP contribution in [0.2, 0.25) is 0 Å². The third kappa shape index (κ3) is 3.94. The summed E-state index contributed by atoms with van der Waals surface area (Å²) in [5, 5.41) is -0.730. The zero-order valence-electron chi connectivity index (χ0n) is 6.59. The number of hydrogen-bond donors (Lipinski definition) is 1. The summed E-state index contributed by atoms with van der Waals surface area (Å²) >= 11 is 5.30. The van der Waals surface area contributed by atoms with Gasteiger partial charge in [0.2, 0.25) is 0 Å². The molecule has 0 aliphatic rings. The molecule has 0 rings (SSSR count). The molecule has 1 unspecified atom stereocenters. The van der Waals surface area contributed by atoms with Crippen LogP contribution >= 0.6 is 11.6 Å². The highest BCUT2D eigenvalue weighted by molar-refractivity contribution is 7.92. The molecule has 5 heteroatoms. The average Bonchev–Trinajstić information content (AvgIpc) is 1.88. The van der Waals surface area contributed by atoms with E-state index in [0.29, 0.717) is 6.42 Å². The van der Waals surface area contributed by atoms with E-state index in [4.69, 9.17) is 17.3 Å². The minimum Gasteiger partial charge on any atom is -0.315 e. The highest BCUT2D eigenvalue weighted by Gasteiger charge is 2.18. The fourth-order valence-electron chi connectivity index (χ4n) is 0.723. The van der Waals surface area contributed by atoms with Gasteiger partial charge in [-0.05, 0) is 6.42 Å². The molecule has 0 spiro atoms. The third-order valence-corrected chi connectivity index (χ3v) is 3.74. The van der Waals surface area contributed by atoms with Crippen LogP contribution in [0.15, 0.2) is 0 Å². The molecule has 0 saturated heterocycles. The van der Waals surface area contributed by atoms with Gasteiger partial charge in [-0.3, -0.25) is 0 Å². The van der Waals surface area contributed by atoms with E-state index in [1.54, 1.807) is 0 Å². The van der Waals surface area contributed by atoms with Gasteiger partial charge in [-0.25, -0.2) is 8.42 Å². The first-order valence-corrected chi connectivity index (χ1v) is 5.82. The highest BCUT2D eigenvalue weighted by Crippen LogP contribution is 2.03. The average molecular weight is 200 g/mol. The van der Waals surface area contributed by atoms with Crippen molar-refractivity contribution >= 4 is 21.4 Å². The zero-order valence-corrected chi connectivity index (χ0v) is 8.16. The molecule has 0 amide bonds. The molecule has 0 aliphatic carbocycles. The molecular formula is C6H14ClNO2S. The van der Waals surface area contributed by atoms with Crippen LogP contribution in [-0.4, -0.2) is 25.4 Å². The van der Waals surface area contributed by atoms with Crippen molar-refractivity contribution in [2.75, 3.05) is 11.6 Å². The zero-order chi connectivity index (χ0) is 8.91. The fraction of sp³-hybridized carbons (Fsp3) is 1.00. The Morgan fingerprint density at radius 2 is 2.09 bits per heavy atom. The van der Waals surface area contributed by atoms with E-state index >= 15 is 0 Å². The molecule has 11 heavy (non-hydrogen) atoms. The minimum absolute atomic E-state index is 0.0181. The molecule has 2 N–H and O–H groups in total. The number of halogens is 1. The van der Waals surface area contributed by atoms with Gasteiger partial charge in [0.05, 0.1) is 5.75 Å². The summed E-state index contributed by atoms with van der Waals surface area (Å²) in [5.74, 6) is 0.107. The normalized spacial score (nSPS) is 14.8. The molecule has 0 aromatic heterocycles. The van der Waals surface area contributed by atoms with E-state index in [0.717, 1.165) is 6.42 Å². The summed E-state index contributed by atoms with van der Waals surface area (Å²) in [5.41, 5.74) is 5.40. The van der Waals surface area contributed by atoms with Crippen molar-refractivity contribution in [3.8, 4) is 0 Å². The third-order valence-electron chi connectivity index (χ3n) is 1.40. The quantitative estimate of drug-likeness (QED) is 0.664. The second kappa shape index (κ2) is 4.95. The van der Waals surface area contributed by atoms with Gasteiger partial charge < -0.3 is 5.73 Å². The van der Waals surface area contributed by atoms with Crippen molar-refractivity contribution in [1.29, 1.82) is 0 Å². The molecule has 0 saturated carbocycles. The van der Waals surface area contributed by atoms with E-state index in [9.17, 15) is 8.42 Å². The Balaban J connectivity index is 4.07. The summed E-state index contributed by atoms with van der Waals surface area (Å²) in [7, 11) is -3.13. The van der Waals surface area contributed by atoms with Crippen LogP contribution in [0.3, 0.4) is 0 Å². The van der Waals surface area contributed by atoms with Gasteiger partial charge in [-0.15, -0.1) is 11.6 Å². The smallest absolute Gasteiger partial charge is 0.167 e. The van der Waals surface area contributed by atoms with Crippen molar-refractivity contribution < 1.29 is 8.42 Å². The number of sulfone groups is 1. The van der Waals surface area contributed by atoms with Crippen molar-refractivity contribution in [3.05, 3.63) is 0 Å². The minimum atomic E-state index is -3.13. The van der Waals surface area contributed by atoms with E-state index < -0.39 is 15.2 Å². The van der Waals surface area contributed by atoms with Crippen molar-refractivity contribution in [2.45, 2.75) is 25.1 Å². The molecule has 68 valence electrons. The predicted molar refractivity (Wildman–Crippen MR) is 47.4 cm³/mol. The van der Waals surface area contributed by atoms with Crippen LogP contribution in [0.1, 0.15) is 19.8 Å². The van der Waals surface area contributed by atoms with Gasteiger partial charge >= 0.3 is 0 Å². The van der Waals surface area contributed by atoms with Gasteiger partial charge in [0.25, 0.3) is 0 Å². The highest BCUT2D eigenvalue weighted by atomic mass is 35.5. The second-order valence-corrected chi connectivity index (χ2v) is 5.10. The lowest BCUT2D eigenvalue weighted by molar-refractivity contribution is 0.573. The van der Waals surface area contributed by atoms with Crippen LogP contribution < -0.4 is 5.73 Å². The Morgan fingerprint density at radius 3 is 2.45 bits per heavy atom. The van der Waals surface area contributed by atoms with E-state index in [1.165, 1.54) is 0 Å².